The second kappa shape index (κ2) is 8.75. The van der Waals surface area contributed by atoms with Crippen LogP contribution < -0.4 is 4.46 Å². The zero-order valence-corrected chi connectivity index (χ0v) is 13.2. The Morgan fingerprint density at radius 1 is 1.14 bits per heavy atom. The second-order valence-corrected chi connectivity index (χ2v) is 5.88. The van der Waals surface area contributed by atoms with Gasteiger partial charge in [-0.05, 0) is 0 Å². The average Bonchev–Trinajstić information content (AvgIpc) is 2.53. The minimum absolute atomic E-state index is 0.0368. The first-order chi connectivity index (χ1) is 10.1. The minimum atomic E-state index is -0.681. The Morgan fingerprint density at radius 3 is 2.29 bits per heavy atom. The number of hydrogen-bond donors (Lipinski definition) is 0. The van der Waals surface area contributed by atoms with E-state index in [4.69, 9.17) is 10.00 Å². The van der Waals surface area contributed by atoms with Gasteiger partial charge in [-0.25, -0.2) is 0 Å². The Kier molecular flexibility index (Phi) is 6.96. The molecule has 5 nitrogen and oxygen atoms in total. The Hall–Kier alpha value is -2.35. The number of esters is 2. The van der Waals surface area contributed by atoms with Crippen molar-refractivity contribution in [3.8, 4) is 6.07 Å². The van der Waals surface area contributed by atoms with Crippen molar-refractivity contribution in [2.45, 2.75) is 0 Å². The molecule has 0 bridgehead atoms. The first kappa shape index (κ1) is 16.7. The van der Waals surface area contributed by atoms with Crippen LogP contribution in [0.3, 0.4) is 0 Å². The van der Waals surface area contributed by atoms with Gasteiger partial charge in [0.2, 0.25) is 0 Å². The van der Waals surface area contributed by atoms with Crippen molar-refractivity contribution < 1.29 is 19.1 Å². The van der Waals surface area contributed by atoms with Gasteiger partial charge in [-0.1, -0.05) is 0 Å². The van der Waals surface area contributed by atoms with E-state index in [1.54, 1.807) is 6.07 Å². The van der Waals surface area contributed by atoms with Gasteiger partial charge in [0.05, 0.1) is 0 Å². The molecule has 0 saturated carbocycles. The Balaban J connectivity index is 3.33. The van der Waals surface area contributed by atoms with Gasteiger partial charge in [0.1, 0.15) is 0 Å². The van der Waals surface area contributed by atoms with Crippen LogP contribution in [0.2, 0.25) is 0 Å². The summed E-state index contributed by atoms with van der Waals surface area (Å²) < 4.78 is 10.5. The van der Waals surface area contributed by atoms with Crippen molar-refractivity contribution in [3.63, 3.8) is 0 Å². The van der Waals surface area contributed by atoms with Gasteiger partial charge in [-0.3, -0.25) is 0 Å². The summed E-state index contributed by atoms with van der Waals surface area (Å²) in [6.45, 7) is 0. The molecule has 21 heavy (non-hydrogen) atoms. The van der Waals surface area contributed by atoms with Gasteiger partial charge < -0.3 is 0 Å². The van der Waals surface area contributed by atoms with E-state index in [0.717, 1.165) is 10.5 Å². The van der Waals surface area contributed by atoms with E-state index >= 15 is 0 Å². The van der Waals surface area contributed by atoms with E-state index in [-0.39, 0.29) is 10.0 Å². The maximum absolute atomic E-state index is 12.0. The molecule has 0 unspecified atom stereocenters. The van der Waals surface area contributed by atoms with E-state index in [1.165, 1.54) is 20.3 Å². The molecule has 0 fully saturated rings. The zero-order valence-electron chi connectivity index (χ0n) is 11.5. The molecule has 0 amide bonds. The molecule has 0 radical (unpaired) electrons. The van der Waals surface area contributed by atoms with Crippen molar-refractivity contribution in [2.75, 3.05) is 14.2 Å². The van der Waals surface area contributed by atoms with Crippen LogP contribution in [0.4, 0.5) is 0 Å². The van der Waals surface area contributed by atoms with Crippen LogP contribution in [-0.4, -0.2) is 41.1 Å². The van der Waals surface area contributed by atoms with E-state index in [1.807, 2.05) is 30.3 Å². The van der Waals surface area contributed by atoms with Crippen molar-refractivity contribution in [1.82, 2.24) is 0 Å². The molecule has 0 saturated heterocycles. The monoisotopic (exact) mass is 351 g/mol. The Bertz CT molecular complexity index is 614. The zero-order chi connectivity index (χ0) is 15.7. The number of hydrogen-bond acceptors (Lipinski definition) is 5. The summed E-state index contributed by atoms with van der Waals surface area (Å²) in [7, 11) is 2.46. The van der Waals surface area contributed by atoms with Crippen molar-refractivity contribution in [2.24, 2.45) is 0 Å². The molecular formula is C15H13NO4Se. The van der Waals surface area contributed by atoms with Gasteiger partial charge >= 0.3 is 128 Å². The summed E-state index contributed by atoms with van der Waals surface area (Å²) in [6.07, 6.45) is 2.39. The van der Waals surface area contributed by atoms with Gasteiger partial charge in [-0.15, -0.1) is 0 Å². The fraction of sp³-hybridized carbons (Fsp3) is 0.133. The molecule has 1 aromatic carbocycles. The molecule has 0 N–H and O–H groups in total. The fourth-order valence-electron chi connectivity index (χ4n) is 1.37. The molecular weight excluding hydrogens is 337 g/mol. The number of ether oxygens (including phenoxy) is 2. The topological polar surface area (TPSA) is 76.4 Å². The number of carbonyl (C=O) groups is 2. The summed E-state index contributed by atoms with van der Waals surface area (Å²) >= 11 is -0.447. The number of rotatable bonds is 5. The fourth-order valence-corrected chi connectivity index (χ4v) is 3.38. The summed E-state index contributed by atoms with van der Waals surface area (Å²) in [5, 5.41) is 8.61. The van der Waals surface area contributed by atoms with Crippen molar-refractivity contribution in [3.05, 3.63) is 52.5 Å². The Labute approximate surface area is 129 Å². The molecule has 1 rings (SSSR count). The van der Waals surface area contributed by atoms with E-state index in [9.17, 15) is 9.59 Å². The summed E-state index contributed by atoms with van der Waals surface area (Å²) in [4.78, 5) is 23.8. The third kappa shape index (κ3) is 4.92. The van der Waals surface area contributed by atoms with Crippen LogP contribution in [0, 0.1) is 11.3 Å². The van der Waals surface area contributed by atoms with Crippen LogP contribution in [0.15, 0.2) is 52.5 Å². The molecule has 6 heteroatoms. The van der Waals surface area contributed by atoms with Crippen LogP contribution in [0.5, 0.6) is 0 Å². The van der Waals surface area contributed by atoms with E-state index in [2.05, 4.69) is 4.74 Å². The maximum atomic E-state index is 12.0. The first-order valence-electron chi connectivity index (χ1n) is 5.84. The summed E-state index contributed by atoms with van der Waals surface area (Å²) in [6, 6.07) is 11.0. The number of carbonyl (C=O) groups excluding carboxylic acids is 2. The number of methoxy groups -OCH3 is 2. The van der Waals surface area contributed by atoms with Crippen LogP contribution in [0.1, 0.15) is 0 Å². The number of nitriles is 1. The Morgan fingerprint density at radius 2 is 1.76 bits per heavy atom. The van der Waals surface area contributed by atoms with Crippen molar-refractivity contribution >= 4 is 31.4 Å². The summed E-state index contributed by atoms with van der Waals surface area (Å²) in [5.74, 6) is -1.29. The molecule has 0 spiro atoms. The van der Waals surface area contributed by atoms with Gasteiger partial charge in [0, 0.05) is 0 Å². The molecule has 0 aromatic heterocycles. The SMILES string of the molecule is COC(=O)C(/C=C/C#N)=C(\[Se]c1ccccc1)C(=O)OC. The predicted octanol–water partition coefficient (Wildman–Crippen LogP) is 0.696. The molecule has 0 aliphatic carbocycles. The van der Waals surface area contributed by atoms with Crippen molar-refractivity contribution in [1.29, 1.82) is 5.26 Å². The first-order valence-corrected chi connectivity index (χ1v) is 7.55. The van der Waals surface area contributed by atoms with Crippen LogP contribution in [-0.2, 0) is 19.1 Å². The average molecular weight is 350 g/mol. The van der Waals surface area contributed by atoms with Crippen LogP contribution in [0.25, 0.3) is 0 Å². The number of nitrogens with zero attached hydrogens (tertiary/aromatic N) is 1. The van der Waals surface area contributed by atoms with E-state index in [0.29, 0.717) is 0 Å². The standard InChI is InChI=1S/C15H13NO4Se/c1-19-14(17)12(9-6-10-16)13(15(18)20-2)21-11-7-4-3-5-8-11/h3-9H,1-2H3/b9-6+,13-12-. The molecule has 0 aliphatic heterocycles. The van der Waals surface area contributed by atoms with E-state index < -0.39 is 26.9 Å². The number of allylic oxidation sites excluding steroid dienone is 1. The molecule has 0 aliphatic rings. The molecule has 0 atom stereocenters. The molecule has 0 heterocycles. The number of benzene rings is 1. The third-order valence-corrected chi connectivity index (χ3v) is 4.61. The van der Waals surface area contributed by atoms with Crippen LogP contribution >= 0.6 is 0 Å². The normalized spacial score (nSPS) is 11.5. The van der Waals surface area contributed by atoms with Gasteiger partial charge in [-0.2, -0.15) is 0 Å². The quantitative estimate of drug-likeness (QED) is 0.257. The summed E-state index contributed by atoms with van der Waals surface area (Å²) in [5.41, 5.74) is 0.0368. The van der Waals surface area contributed by atoms with Gasteiger partial charge in [0.25, 0.3) is 0 Å². The molecule has 1 aromatic rings. The molecule has 108 valence electrons. The van der Waals surface area contributed by atoms with Gasteiger partial charge in [0.15, 0.2) is 0 Å². The third-order valence-electron chi connectivity index (χ3n) is 2.31. The predicted molar refractivity (Wildman–Crippen MR) is 77.6 cm³/mol. The second-order valence-electron chi connectivity index (χ2n) is 3.60.